The Hall–Kier alpha value is -1.20. The summed E-state index contributed by atoms with van der Waals surface area (Å²) in [4.78, 5) is 20.8. The maximum Gasteiger partial charge on any atom is 0.226 e. The first-order chi connectivity index (χ1) is 15.0. The van der Waals surface area contributed by atoms with Crippen LogP contribution in [0.1, 0.15) is 70.3 Å². The lowest BCUT2D eigenvalue weighted by molar-refractivity contribution is -0.116. The summed E-state index contributed by atoms with van der Waals surface area (Å²) < 4.78 is 0. The number of aryl methyl sites for hydroxylation is 1. The molecule has 0 radical (unpaired) electrons. The van der Waals surface area contributed by atoms with Crippen molar-refractivity contribution < 1.29 is 4.79 Å². The topological polar surface area (TPSA) is 44.7 Å². The number of amidine groups is 1. The van der Waals surface area contributed by atoms with Crippen LogP contribution in [-0.2, 0) is 4.79 Å². The van der Waals surface area contributed by atoms with Gasteiger partial charge < -0.3 is 10.2 Å². The first kappa shape index (κ1) is 23.9. The Bertz CT molecular complexity index is 805. The minimum Gasteiger partial charge on any atom is -0.347 e. The lowest BCUT2D eigenvalue weighted by atomic mass is 9.53. The van der Waals surface area contributed by atoms with Crippen LogP contribution in [0.3, 0.4) is 0 Å². The van der Waals surface area contributed by atoms with Crippen LogP contribution in [-0.4, -0.2) is 39.9 Å². The summed E-state index contributed by atoms with van der Waals surface area (Å²) >= 11 is 1.90. The van der Waals surface area contributed by atoms with Crippen molar-refractivity contribution in [3.05, 3.63) is 29.8 Å². The van der Waals surface area contributed by atoms with Gasteiger partial charge >= 0.3 is 0 Å². The molecule has 1 amide bonds. The molecule has 32 heavy (non-hydrogen) atoms. The van der Waals surface area contributed by atoms with Gasteiger partial charge in [0.05, 0.1) is 5.54 Å². The molecule has 176 valence electrons. The normalized spacial score (nSPS) is 34.1. The molecule has 1 aliphatic heterocycles. The molecular weight excluding hydrogens is 438 g/mol. The zero-order chi connectivity index (χ0) is 21.4. The molecule has 5 aliphatic rings. The summed E-state index contributed by atoms with van der Waals surface area (Å²) in [5, 5.41) is 4.34. The molecule has 0 spiro atoms. The van der Waals surface area contributed by atoms with Crippen molar-refractivity contribution >= 4 is 40.9 Å². The number of carbonyl (C=O) groups is 1. The third kappa shape index (κ3) is 5.14. The van der Waals surface area contributed by atoms with Crippen molar-refractivity contribution in [2.45, 2.75) is 83.2 Å². The second-order valence-electron chi connectivity index (χ2n) is 10.7. The number of anilines is 1. The molecule has 0 aromatic heterocycles. The van der Waals surface area contributed by atoms with Gasteiger partial charge in [0.15, 0.2) is 5.17 Å². The van der Waals surface area contributed by atoms with E-state index in [-0.39, 0.29) is 29.9 Å². The van der Waals surface area contributed by atoms with Gasteiger partial charge in [0.2, 0.25) is 5.91 Å². The lowest BCUT2D eigenvalue weighted by Crippen LogP contribution is -2.50. The van der Waals surface area contributed by atoms with Gasteiger partial charge in [0.25, 0.3) is 0 Å². The average Bonchev–Trinajstić information content (AvgIpc) is 3.07. The van der Waals surface area contributed by atoms with Crippen LogP contribution >= 0.6 is 24.2 Å². The van der Waals surface area contributed by atoms with Gasteiger partial charge in [-0.2, -0.15) is 0 Å². The number of thioether (sulfide) groups is 1. The second kappa shape index (κ2) is 9.97. The highest BCUT2D eigenvalue weighted by Gasteiger charge is 2.51. The molecule has 1 atom stereocenters. The largest absolute Gasteiger partial charge is 0.347 e. The monoisotopic (exact) mass is 475 g/mol. The maximum absolute atomic E-state index is 12.8. The fourth-order valence-corrected chi connectivity index (χ4v) is 8.14. The second-order valence-corrected chi connectivity index (χ2v) is 11.7. The van der Waals surface area contributed by atoms with Crippen molar-refractivity contribution in [1.82, 2.24) is 4.90 Å². The summed E-state index contributed by atoms with van der Waals surface area (Å²) in [6.45, 7) is 5.34. The molecule has 1 saturated heterocycles. The van der Waals surface area contributed by atoms with E-state index in [1.807, 2.05) is 36.0 Å². The van der Waals surface area contributed by atoms with E-state index in [4.69, 9.17) is 4.99 Å². The predicted octanol–water partition coefficient (Wildman–Crippen LogP) is 6.29. The van der Waals surface area contributed by atoms with E-state index in [0.717, 1.165) is 42.2 Å². The minimum absolute atomic E-state index is 0. The molecule has 1 heterocycles. The highest BCUT2D eigenvalue weighted by Crippen LogP contribution is 2.57. The van der Waals surface area contributed by atoms with Crippen LogP contribution in [0.5, 0.6) is 0 Å². The number of halogens is 1. The number of hydrogen-bond donors (Lipinski definition) is 1. The number of amides is 1. The van der Waals surface area contributed by atoms with Crippen LogP contribution in [0.4, 0.5) is 5.69 Å². The van der Waals surface area contributed by atoms with Gasteiger partial charge in [0, 0.05) is 30.4 Å². The first-order valence-electron chi connectivity index (χ1n) is 12.4. The Morgan fingerprint density at radius 3 is 2.34 bits per heavy atom. The number of rotatable bonds is 7. The summed E-state index contributed by atoms with van der Waals surface area (Å²) in [6, 6.07) is 8.33. The van der Waals surface area contributed by atoms with Crippen LogP contribution in [0.25, 0.3) is 0 Å². The quantitative estimate of drug-likeness (QED) is 0.504. The Morgan fingerprint density at radius 1 is 1.12 bits per heavy atom. The number of nitrogens with one attached hydrogen (secondary N) is 1. The molecule has 4 saturated carbocycles. The molecule has 5 fully saturated rings. The standard InChI is InChI=1S/C26H37N3OS.ClH/c1-3-4-9-29-23(13-24(30)27-22-7-5-18(2)6-8-22)17-31-25(29)28-26-14-19-10-20(15-26)12-21(11-19)16-26;/h5-8,19-21,23H,3-4,9-17H2,1-2H3,(H,27,30);1H. The number of benzene rings is 1. The van der Waals surface area contributed by atoms with Crippen LogP contribution in [0.15, 0.2) is 29.3 Å². The molecule has 6 heteroatoms. The summed E-state index contributed by atoms with van der Waals surface area (Å²) in [5.41, 5.74) is 2.31. The third-order valence-electron chi connectivity index (χ3n) is 7.94. The van der Waals surface area contributed by atoms with Gasteiger partial charge in [-0.25, -0.2) is 0 Å². The Kier molecular flexibility index (Phi) is 7.46. The van der Waals surface area contributed by atoms with Gasteiger partial charge in [-0.1, -0.05) is 42.8 Å². The van der Waals surface area contributed by atoms with Gasteiger partial charge in [-0.15, -0.1) is 12.4 Å². The van der Waals surface area contributed by atoms with Crippen molar-refractivity contribution in [1.29, 1.82) is 0 Å². The van der Waals surface area contributed by atoms with Crippen LogP contribution in [0, 0.1) is 24.7 Å². The number of hydrogen-bond acceptors (Lipinski definition) is 3. The number of aliphatic imine (C=N–C) groups is 1. The van der Waals surface area contributed by atoms with Crippen LogP contribution < -0.4 is 5.32 Å². The van der Waals surface area contributed by atoms with E-state index < -0.39 is 0 Å². The van der Waals surface area contributed by atoms with E-state index in [1.165, 1.54) is 55.7 Å². The van der Waals surface area contributed by atoms with Crippen molar-refractivity contribution in [3.63, 3.8) is 0 Å². The fraction of sp³-hybridized carbons (Fsp3) is 0.692. The van der Waals surface area contributed by atoms with Crippen molar-refractivity contribution in [3.8, 4) is 0 Å². The van der Waals surface area contributed by atoms with E-state index in [1.54, 1.807) is 0 Å². The Labute approximate surface area is 203 Å². The highest BCUT2D eigenvalue weighted by atomic mass is 35.5. The van der Waals surface area contributed by atoms with E-state index >= 15 is 0 Å². The van der Waals surface area contributed by atoms with Gasteiger partial charge in [0.1, 0.15) is 0 Å². The highest BCUT2D eigenvalue weighted by molar-refractivity contribution is 8.14. The molecule has 4 nitrogen and oxygen atoms in total. The molecule has 4 aliphatic carbocycles. The average molecular weight is 476 g/mol. The summed E-state index contributed by atoms with van der Waals surface area (Å²) in [5.74, 6) is 3.86. The SMILES string of the molecule is CCCCN1C(=NC23CC4CC(CC(C4)C2)C3)SCC1CC(=O)Nc1ccc(C)cc1.Cl. The molecular formula is C26H38ClN3OS. The van der Waals surface area contributed by atoms with Crippen LogP contribution in [0.2, 0.25) is 0 Å². The van der Waals surface area contributed by atoms with Crippen molar-refractivity contribution in [2.24, 2.45) is 22.7 Å². The Balaban J connectivity index is 0.00000245. The molecule has 1 aromatic rings. The zero-order valence-corrected chi connectivity index (χ0v) is 21.1. The maximum atomic E-state index is 12.8. The summed E-state index contributed by atoms with van der Waals surface area (Å²) in [7, 11) is 0. The first-order valence-corrected chi connectivity index (χ1v) is 13.4. The summed E-state index contributed by atoms with van der Waals surface area (Å²) in [6.07, 6.45) is 11.2. The lowest BCUT2D eigenvalue weighted by Gasteiger charge is -2.55. The van der Waals surface area contributed by atoms with E-state index in [9.17, 15) is 4.79 Å². The fourth-order valence-electron chi connectivity index (χ4n) is 6.84. The predicted molar refractivity (Wildman–Crippen MR) is 138 cm³/mol. The zero-order valence-electron chi connectivity index (χ0n) is 19.5. The molecule has 1 aromatic carbocycles. The molecule has 1 unspecified atom stereocenters. The van der Waals surface area contributed by atoms with E-state index in [2.05, 4.69) is 24.1 Å². The minimum atomic E-state index is 0. The van der Waals surface area contributed by atoms with Gasteiger partial charge in [-0.3, -0.25) is 9.79 Å². The number of unbranched alkanes of at least 4 members (excludes halogenated alkanes) is 1. The smallest absolute Gasteiger partial charge is 0.226 e. The number of nitrogens with zero attached hydrogens (tertiary/aromatic N) is 2. The molecule has 4 bridgehead atoms. The molecule has 1 N–H and O–H groups in total. The number of carbonyl (C=O) groups excluding carboxylic acids is 1. The third-order valence-corrected chi connectivity index (χ3v) is 9.07. The van der Waals surface area contributed by atoms with Crippen molar-refractivity contribution in [2.75, 3.05) is 17.6 Å². The van der Waals surface area contributed by atoms with E-state index in [0.29, 0.717) is 6.42 Å². The van der Waals surface area contributed by atoms with Gasteiger partial charge in [-0.05, 0) is 81.8 Å². The Morgan fingerprint density at radius 2 is 1.75 bits per heavy atom. The molecule has 6 rings (SSSR count).